The van der Waals surface area contributed by atoms with Crippen LogP contribution in [0.5, 0.6) is 0 Å². The zero-order chi connectivity index (χ0) is 7.90. The standard InChI is InChI=1S/C8H14N2O/c9-10-7(11)6-4-8(5-6)2-1-3-8/h6H,1-5,9H2,(H,10,11). The van der Waals surface area contributed by atoms with E-state index in [4.69, 9.17) is 5.84 Å². The number of amides is 1. The molecule has 0 aromatic carbocycles. The minimum atomic E-state index is 0.0301. The predicted molar refractivity (Wildman–Crippen MR) is 41.3 cm³/mol. The molecule has 3 heteroatoms. The Kier molecular flexibility index (Phi) is 1.42. The number of hydrazine groups is 1. The molecule has 3 N–H and O–H groups in total. The Labute approximate surface area is 66.3 Å². The van der Waals surface area contributed by atoms with Gasteiger partial charge in [0.05, 0.1) is 0 Å². The molecule has 0 heterocycles. The van der Waals surface area contributed by atoms with Crippen molar-refractivity contribution in [1.29, 1.82) is 0 Å². The summed E-state index contributed by atoms with van der Waals surface area (Å²) in [4.78, 5) is 11.0. The van der Waals surface area contributed by atoms with Crippen LogP contribution in [-0.4, -0.2) is 5.91 Å². The van der Waals surface area contributed by atoms with Gasteiger partial charge in [-0.2, -0.15) is 0 Å². The van der Waals surface area contributed by atoms with Crippen LogP contribution < -0.4 is 11.3 Å². The molecule has 0 atom stereocenters. The van der Waals surface area contributed by atoms with Crippen molar-refractivity contribution in [2.45, 2.75) is 32.1 Å². The van der Waals surface area contributed by atoms with E-state index in [1.807, 2.05) is 0 Å². The minimum Gasteiger partial charge on any atom is -0.294 e. The van der Waals surface area contributed by atoms with Gasteiger partial charge in [0.15, 0.2) is 0 Å². The largest absolute Gasteiger partial charge is 0.294 e. The molecule has 0 bridgehead atoms. The second-order valence-electron chi connectivity index (χ2n) is 3.97. The maximum Gasteiger partial charge on any atom is 0.237 e. The second kappa shape index (κ2) is 2.21. The molecular formula is C8H14N2O. The lowest BCUT2D eigenvalue weighted by Gasteiger charge is -2.53. The fraction of sp³-hybridized carbons (Fsp3) is 0.875. The van der Waals surface area contributed by atoms with Gasteiger partial charge in [-0.15, -0.1) is 0 Å². The van der Waals surface area contributed by atoms with E-state index < -0.39 is 0 Å². The highest BCUT2D eigenvalue weighted by Crippen LogP contribution is 2.58. The Hall–Kier alpha value is -0.570. The third-order valence-electron chi connectivity index (χ3n) is 3.29. The van der Waals surface area contributed by atoms with E-state index in [-0.39, 0.29) is 11.8 Å². The average molecular weight is 154 g/mol. The molecule has 0 aromatic heterocycles. The molecule has 0 aromatic rings. The molecule has 3 nitrogen and oxygen atoms in total. The maximum absolute atomic E-state index is 11.0. The molecular weight excluding hydrogens is 140 g/mol. The van der Waals surface area contributed by atoms with Crippen molar-refractivity contribution in [2.75, 3.05) is 0 Å². The minimum absolute atomic E-state index is 0.0301. The van der Waals surface area contributed by atoms with Crippen LogP contribution in [0.25, 0.3) is 0 Å². The number of hydrogen-bond donors (Lipinski definition) is 2. The molecule has 0 saturated heterocycles. The monoisotopic (exact) mass is 154 g/mol. The first kappa shape index (κ1) is 7.10. The lowest BCUT2D eigenvalue weighted by atomic mass is 9.52. The van der Waals surface area contributed by atoms with Gasteiger partial charge in [-0.25, -0.2) is 5.84 Å². The van der Waals surface area contributed by atoms with E-state index >= 15 is 0 Å². The summed E-state index contributed by atoms with van der Waals surface area (Å²) in [7, 11) is 0. The highest BCUT2D eigenvalue weighted by atomic mass is 16.2. The summed E-state index contributed by atoms with van der Waals surface area (Å²) >= 11 is 0. The van der Waals surface area contributed by atoms with E-state index in [0.29, 0.717) is 5.41 Å². The van der Waals surface area contributed by atoms with Crippen molar-refractivity contribution in [1.82, 2.24) is 5.43 Å². The number of nitrogens with two attached hydrogens (primary N) is 1. The molecule has 1 spiro atoms. The van der Waals surface area contributed by atoms with Crippen LogP contribution >= 0.6 is 0 Å². The number of nitrogens with one attached hydrogen (secondary N) is 1. The molecule has 0 radical (unpaired) electrons. The molecule has 2 fully saturated rings. The molecule has 0 unspecified atom stereocenters. The summed E-state index contributed by atoms with van der Waals surface area (Å²) in [5.41, 5.74) is 2.79. The lowest BCUT2D eigenvalue weighted by Crippen LogP contribution is -2.50. The number of hydrogen-bond acceptors (Lipinski definition) is 2. The second-order valence-corrected chi connectivity index (χ2v) is 3.97. The summed E-state index contributed by atoms with van der Waals surface area (Å²) < 4.78 is 0. The molecule has 0 aliphatic heterocycles. The Balaban J connectivity index is 1.83. The fourth-order valence-corrected chi connectivity index (χ4v) is 2.37. The summed E-state index contributed by atoms with van der Waals surface area (Å²) in [5, 5.41) is 0. The molecule has 2 aliphatic rings. The van der Waals surface area contributed by atoms with Gasteiger partial charge in [0.25, 0.3) is 0 Å². The lowest BCUT2D eigenvalue weighted by molar-refractivity contribution is -0.136. The van der Waals surface area contributed by atoms with Gasteiger partial charge >= 0.3 is 0 Å². The normalized spacial score (nSPS) is 27.4. The van der Waals surface area contributed by atoms with Crippen molar-refractivity contribution >= 4 is 5.91 Å². The molecule has 2 aliphatic carbocycles. The van der Waals surface area contributed by atoms with Crippen LogP contribution in [0.1, 0.15) is 32.1 Å². The third kappa shape index (κ3) is 0.948. The SMILES string of the molecule is NNC(=O)C1CC2(CCC2)C1. The molecule has 62 valence electrons. The summed E-state index contributed by atoms with van der Waals surface area (Å²) in [6.45, 7) is 0. The van der Waals surface area contributed by atoms with Gasteiger partial charge in [-0.05, 0) is 31.1 Å². The quantitative estimate of drug-likeness (QED) is 0.329. The number of carbonyl (C=O) groups excluding carboxylic acids is 1. The van der Waals surface area contributed by atoms with Gasteiger partial charge in [-0.1, -0.05) is 6.42 Å². The highest BCUT2D eigenvalue weighted by Gasteiger charge is 2.50. The smallest absolute Gasteiger partial charge is 0.237 e. The molecule has 11 heavy (non-hydrogen) atoms. The summed E-state index contributed by atoms with van der Waals surface area (Å²) in [5.74, 6) is 5.28. The Bertz CT molecular complexity index is 179. The van der Waals surface area contributed by atoms with Gasteiger partial charge in [0.2, 0.25) is 5.91 Å². The van der Waals surface area contributed by atoms with Gasteiger partial charge < -0.3 is 0 Å². The zero-order valence-electron chi connectivity index (χ0n) is 6.60. The number of carbonyl (C=O) groups is 1. The van der Waals surface area contributed by atoms with E-state index in [2.05, 4.69) is 5.43 Å². The zero-order valence-corrected chi connectivity index (χ0v) is 6.60. The van der Waals surface area contributed by atoms with E-state index in [1.165, 1.54) is 19.3 Å². The van der Waals surface area contributed by atoms with Crippen LogP contribution in [0.3, 0.4) is 0 Å². The van der Waals surface area contributed by atoms with E-state index in [9.17, 15) is 4.79 Å². The van der Waals surface area contributed by atoms with Crippen LogP contribution in [0, 0.1) is 11.3 Å². The third-order valence-corrected chi connectivity index (χ3v) is 3.29. The predicted octanol–water partition coefficient (Wildman–Crippen LogP) is 0.557. The van der Waals surface area contributed by atoms with Crippen molar-refractivity contribution in [3.8, 4) is 0 Å². The number of rotatable bonds is 1. The van der Waals surface area contributed by atoms with Crippen LogP contribution in [0.2, 0.25) is 0 Å². The van der Waals surface area contributed by atoms with Crippen molar-refractivity contribution in [2.24, 2.45) is 17.2 Å². The molecule has 2 saturated carbocycles. The Morgan fingerprint density at radius 2 is 2.09 bits per heavy atom. The van der Waals surface area contributed by atoms with E-state index in [0.717, 1.165) is 12.8 Å². The first-order chi connectivity index (χ1) is 5.26. The topological polar surface area (TPSA) is 55.1 Å². The highest BCUT2D eigenvalue weighted by molar-refractivity contribution is 5.79. The average Bonchev–Trinajstić information content (AvgIpc) is 1.81. The van der Waals surface area contributed by atoms with Crippen LogP contribution in [0.4, 0.5) is 0 Å². The summed E-state index contributed by atoms with van der Waals surface area (Å²) in [6, 6.07) is 0. The molecule has 2 rings (SSSR count). The van der Waals surface area contributed by atoms with Crippen molar-refractivity contribution in [3.63, 3.8) is 0 Å². The van der Waals surface area contributed by atoms with Crippen molar-refractivity contribution < 1.29 is 4.79 Å². The first-order valence-corrected chi connectivity index (χ1v) is 4.26. The van der Waals surface area contributed by atoms with Crippen LogP contribution in [0.15, 0.2) is 0 Å². The van der Waals surface area contributed by atoms with Gasteiger partial charge in [0.1, 0.15) is 0 Å². The Morgan fingerprint density at radius 3 is 2.45 bits per heavy atom. The summed E-state index contributed by atoms with van der Waals surface area (Å²) in [6.07, 6.45) is 6.19. The van der Waals surface area contributed by atoms with Gasteiger partial charge in [-0.3, -0.25) is 10.2 Å². The Morgan fingerprint density at radius 1 is 1.45 bits per heavy atom. The van der Waals surface area contributed by atoms with Crippen molar-refractivity contribution in [3.05, 3.63) is 0 Å². The maximum atomic E-state index is 11.0. The van der Waals surface area contributed by atoms with Crippen LogP contribution in [-0.2, 0) is 4.79 Å². The van der Waals surface area contributed by atoms with Gasteiger partial charge in [0, 0.05) is 5.92 Å². The fourth-order valence-electron chi connectivity index (χ4n) is 2.37. The first-order valence-electron chi connectivity index (χ1n) is 4.26. The molecule has 1 amide bonds. The van der Waals surface area contributed by atoms with E-state index in [1.54, 1.807) is 0 Å².